The Morgan fingerprint density at radius 3 is 3.00 bits per heavy atom. The number of hydrogen-bond acceptors (Lipinski definition) is 3. The molecular formula is C6H8N2O2. The normalized spacial score (nSPS) is 23.3. The largest absolute Gasteiger partial charge is 0.478 e. The van der Waals surface area contributed by atoms with Gasteiger partial charge < -0.3 is 10.4 Å². The number of aliphatic imine (C=N–C) groups is 1. The highest BCUT2D eigenvalue weighted by Gasteiger charge is 2.15. The van der Waals surface area contributed by atoms with E-state index in [0.29, 0.717) is 5.57 Å². The molecule has 0 saturated heterocycles. The third-order valence-electron chi connectivity index (χ3n) is 1.31. The molecule has 0 aromatic heterocycles. The minimum atomic E-state index is -0.920. The number of carboxylic acids is 1. The Morgan fingerprint density at radius 2 is 2.60 bits per heavy atom. The van der Waals surface area contributed by atoms with Gasteiger partial charge in [0.2, 0.25) is 0 Å². The molecule has 1 aliphatic rings. The Labute approximate surface area is 58.3 Å². The first-order valence-corrected chi connectivity index (χ1v) is 2.93. The SMILES string of the molecule is CC1N=CNC=C1C(=O)O. The predicted octanol–water partition coefficient (Wildman–Crippen LogP) is -0.0251. The van der Waals surface area contributed by atoms with Crippen LogP contribution in [0.4, 0.5) is 0 Å². The fourth-order valence-electron chi connectivity index (χ4n) is 0.723. The van der Waals surface area contributed by atoms with Crippen molar-refractivity contribution < 1.29 is 9.90 Å². The molecule has 2 N–H and O–H groups in total. The Morgan fingerprint density at radius 1 is 1.90 bits per heavy atom. The van der Waals surface area contributed by atoms with E-state index < -0.39 is 5.97 Å². The summed E-state index contributed by atoms with van der Waals surface area (Å²) in [5, 5.41) is 11.1. The van der Waals surface area contributed by atoms with Crippen molar-refractivity contribution in [2.24, 2.45) is 4.99 Å². The molecule has 1 atom stereocenters. The molecule has 0 amide bonds. The lowest BCUT2D eigenvalue weighted by molar-refractivity contribution is -0.132. The maximum absolute atomic E-state index is 10.4. The number of aliphatic carboxylic acids is 1. The second-order valence-corrected chi connectivity index (χ2v) is 2.03. The van der Waals surface area contributed by atoms with Crippen LogP contribution in [0.2, 0.25) is 0 Å². The standard InChI is InChI=1S/C6H8N2O2/c1-4-5(6(9)10)2-7-3-8-4/h2-4H,1H3,(H,7,8)(H,9,10). The molecule has 0 aromatic carbocycles. The van der Waals surface area contributed by atoms with E-state index in [1.54, 1.807) is 6.92 Å². The molecule has 0 fully saturated rings. The van der Waals surface area contributed by atoms with Crippen LogP contribution in [0.25, 0.3) is 0 Å². The Balaban J connectivity index is 2.76. The van der Waals surface area contributed by atoms with E-state index in [1.807, 2.05) is 0 Å². The molecule has 1 unspecified atom stereocenters. The van der Waals surface area contributed by atoms with Gasteiger partial charge in [-0.25, -0.2) is 4.79 Å². The second kappa shape index (κ2) is 2.51. The van der Waals surface area contributed by atoms with Crippen LogP contribution < -0.4 is 5.32 Å². The molecule has 10 heavy (non-hydrogen) atoms. The minimum absolute atomic E-state index is 0.237. The fourth-order valence-corrected chi connectivity index (χ4v) is 0.723. The summed E-state index contributed by atoms with van der Waals surface area (Å²) < 4.78 is 0. The van der Waals surface area contributed by atoms with Gasteiger partial charge in [0.25, 0.3) is 0 Å². The van der Waals surface area contributed by atoms with Crippen LogP contribution in [0.5, 0.6) is 0 Å². The van der Waals surface area contributed by atoms with E-state index in [9.17, 15) is 4.79 Å². The summed E-state index contributed by atoms with van der Waals surface area (Å²) in [6.07, 6.45) is 2.93. The zero-order chi connectivity index (χ0) is 7.56. The van der Waals surface area contributed by atoms with Crippen LogP contribution in [0.1, 0.15) is 6.92 Å². The van der Waals surface area contributed by atoms with Crippen LogP contribution in [0, 0.1) is 0 Å². The summed E-state index contributed by atoms with van der Waals surface area (Å²) in [7, 11) is 0. The zero-order valence-electron chi connectivity index (χ0n) is 5.53. The first kappa shape index (κ1) is 6.80. The summed E-state index contributed by atoms with van der Waals surface area (Å²) in [6.45, 7) is 1.73. The second-order valence-electron chi connectivity index (χ2n) is 2.03. The molecule has 0 radical (unpaired) electrons. The number of hydrogen-bond donors (Lipinski definition) is 2. The van der Waals surface area contributed by atoms with Gasteiger partial charge in [-0.2, -0.15) is 0 Å². The number of nitrogens with one attached hydrogen (secondary N) is 1. The van der Waals surface area contributed by atoms with Crippen molar-refractivity contribution in [2.45, 2.75) is 13.0 Å². The highest BCUT2D eigenvalue weighted by atomic mass is 16.4. The first-order valence-electron chi connectivity index (χ1n) is 2.93. The lowest BCUT2D eigenvalue weighted by Crippen LogP contribution is -2.22. The van der Waals surface area contributed by atoms with E-state index in [2.05, 4.69) is 10.3 Å². The first-order chi connectivity index (χ1) is 4.72. The van der Waals surface area contributed by atoms with Gasteiger partial charge in [0, 0.05) is 6.20 Å². The maximum Gasteiger partial charge on any atom is 0.335 e. The van der Waals surface area contributed by atoms with Crippen molar-refractivity contribution in [2.75, 3.05) is 0 Å². The Kier molecular flexibility index (Phi) is 1.71. The molecule has 54 valence electrons. The molecule has 0 saturated carbocycles. The minimum Gasteiger partial charge on any atom is -0.478 e. The molecule has 1 heterocycles. The highest BCUT2D eigenvalue weighted by Crippen LogP contribution is 2.06. The van der Waals surface area contributed by atoms with Crippen molar-refractivity contribution in [3.05, 3.63) is 11.8 Å². The van der Waals surface area contributed by atoms with Gasteiger partial charge in [0.15, 0.2) is 0 Å². The lowest BCUT2D eigenvalue weighted by atomic mass is 10.1. The van der Waals surface area contributed by atoms with Gasteiger partial charge in [0.05, 0.1) is 18.0 Å². The van der Waals surface area contributed by atoms with Gasteiger partial charge in [-0.15, -0.1) is 0 Å². The summed E-state index contributed by atoms with van der Waals surface area (Å²) in [4.78, 5) is 14.2. The van der Waals surface area contributed by atoms with Crippen molar-refractivity contribution in [3.63, 3.8) is 0 Å². The van der Waals surface area contributed by atoms with E-state index in [-0.39, 0.29) is 6.04 Å². The van der Waals surface area contributed by atoms with E-state index in [0.717, 1.165) is 0 Å². The van der Waals surface area contributed by atoms with Crippen molar-refractivity contribution in [1.82, 2.24) is 5.32 Å². The van der Waals surface area contributed by atoms with Crippen LogP contribution in [0.3, 0.4) is 0 Å². The maximum atomic E-state index is 10.4. The molecule has 4 heteroatoms. The molecule has 0 spiro atoms. The highest BCUT2D eigenvalue weighted by molar-refractivity contribution is 5.89. The van der Waals surface area contributed by atoms with Gasteiger partial charge >= 0.3 is 5.97 Å². The average Bonchev–Trinajstić information content (AvgIpc) is 1.88. The third kappa shape index (κ3) is 1.15. The monoisotopic (exact) mass is 140 g/mol. The van der Waals surface area contributed by atoms with Crippen LogP contribution in [0.15, 0.2) is 16.8 Å². The van der Waals surface area contributed by atoms with Crippen LogP contribution >= 0.6 is 0 Å². The quantitative estimate of drug-likeness (QED) is 0.537. The van der Waals surface area contributed by atoms with Gasteiger partial charge in [-0.3, -0.25) is 4.99 Å². The fraction of sp³-hybridized carbons (Fsp3) is 0.333. The number of nitrogens with zero attached hydrogens (tertiary/aromatic N) is 1. The molecule has 0 aliphatic carbocycles. The molecule has 0 aromatic rings. The Bertz CT molecular complexity index is 208. The van der Waals surface area contributed by atoms with Gasteiger partial charge in [0.1, 0.15) is 0 Å². The summed E-state index contributed by atoms with van der Waals surface area (Å²) >= 11 is 0. The molecule has 1 rings (SSSR count). The van der Waals surface area contributed by atoms with Crippen LogP contribution in [-0.4, -0.2) is 23.5 Å². The average molecular weight is 140 g/mol. The number of carboxylic acid groups (broad SMARTS) is 1. The number of rotatable bonds is 1. The summed E-state index contributed by atoms with van der Waals surface area (Å²) in [6, 6.07) is -0.237. The van der Waals surface area contributed by atoms with Crippen molar-refractivity contribution in [3.8, 4) is 0 Å². The lowest BCUT2D eigenvalue weighted by Gasteiger charge is -2.10. The van der Waals surface area contributed by atoms with Crippen molar-refractivity contribution >= 4 is 12.3 Å². The molecule has 1 aliphatic heterocycles. The Hall–Kier alpha value is -1.32. The van der Waals surface area contributed by atoms with Gasteiger partial charge in [-0.05, 0) is 6.92 Å². The van der Waals surface area contributed by atoms with E-state index >= 15 is 0 Å². The zero-order valence-corrected chi connectivity index (χ0v) is 5.53. The molecule has 4 nitrogen and oxygen atoms in total. The van der Waals surface area contributed by atoms with E-state index in [4.69, 9.17) is 5.11 Å². The smallest absolute Gasteiger partial charge is 0.335 e. The van der Waals surface area contributed by atoms with Gasteiger partial charge in [-0.1, -0.05) is 0 Å². The topological polar surface area (TPSA) is 61.7 Å². The van der Waals surface area contributed by atoms with Crippen molar-refractivity contribution in [1.29, 1.82) is 0 Å². The summed E-state index contributed by atoms with van der Waals surface area (Å²) in [5.74, 6) is -0.920. The third-order valence-corrected chi connectivity index (χ3v) is 1.31. The van der Waals surface area contributed by atoms with E-state index in [1.165, 1.54) is 12.5 Å². The molecule has 0 bridgehead atoms. The number of carbonyl (C=O) groups is 1. The summed E-state index contributed by atoms with van der Waals surface area (Å²) in [5.41, 5.74) is 0.294. The molecular weight excluding hydrogens is 132 g/mol. The van der Waals surface area contributed by atoms with Crippen LogP contribution in [-0.2, 0) is 4.79 Å². The predicted molar refractivity (Wildman–Crippen MR) is 36.8 cm³/mol.